The number of aryl methyl sites for hydroxylation is 1. The Labute approximate surface area is 143 Å². The fraction of sp³-hybridized carbons (Fsp3) is 0.231. The van der Waals surface area contributed by atoms with E-state index in [1.165, 1.54) is 0 Å². The van der Waals surface area contributed by atoms with Crippen molar-refractivity contribution >= 4 is 63.7 Å². The van der Waals surface area contributed by atoms with Crippen LogP contribution in [0.25, 0.3) is 0 Å². The molecule has 0 aliphatic heterocycles. The van der Waals surface area contributed by atoms with Crippen LogP contribution in [0, 0.1) is 6.92 Å². The first kappa shape index (κ1) is 18.0. The Hall–Kier alpha value is -1.01. The van der Waals surface area contributed by atoms with Crippen LogP contribution < -0.4 is 16.0 Å². The van der Waals surface area contributed by atoms with Gasteiger partial charge >= 0.3 is 0 Å². The number of carbonyl (C=O) groups is 1. The molecule has 4 nitrogen and oxygen atoms in total. The van der Waals surface area contributed by atoms with Crippen LogP contribution in [-0.2, 0) is 4.79 Å². The lowest BCUT2D eigenvalue weighted by Crippen LogP contribution is -2.55. The summed E-state index contributed by atoms with van der Waals surface area (Å²) < 4.78 is -1.78. The molecule has 0 spiro atoms. The molecule has 0 saturated carbocycles. The first-order valence-electron chi connectivity index (χ1n) is 5.86. The number of rotatable bonds is 4. The maximum atomic E-state index is 11.3. The lowest BCUT2D eigenvalue weighted by Gasteiger charge is -2.27. The monoisotopic (exact) mass is 365 g/mol. The average molecular weight is 367 g/mol. The molecule has 8 heteroatoms. The molecule has 0 unspecified atom stereocenters. The van der Waals surface area contributed by atoms with Crippen molar-refractivity contribution in [3.63, 3.8) is 0 Å². The first-order valence-corrected chi connectivity index (χ1v) is 7.40. The summed E-state index contributed by atoms with van der Waals surface area (Å²) in [7, 11) is 0. The first-order chi connectivity index (χ1) is 9.72. The van der Waals surface area contributed by atoms with Crippen molar-refractivity contribution in [2.24, 2.45) is 0 Å². The van der Waals surface area contributed by atoms with Crippen LogP contribution in [0.1, 0.15) is 5.56 Å². The Kier molecular flexibility index (Phi) is 6.74. The van der Waals surface area contributed by atoms with E-state index in [1.54, 1.807) is 0 Å². The van der Waals surface area contributed by atoms with Crippen LogP contribution in [0.2, 0.25) is 0 Å². The summed E-state index contributed by atoms with van der Waals surface area (Å²) in [6.07, 6.45) is 0.0695. The van der Waals surface area contributed by atoms with Crippen LogP contribution in [0.5, 0.6) is 0 Å². The summed E-state index contributed by atoms with van der Waals surface area (Å²) >= 11 is 22.5. The molecule has 0 fully saturated rings. The van der Waals surface area contributed by atoms with Crippen LogP contribution in [0.4, 0.5) is 5.69 Å². The molecule has 1 aromatic rings. The van der Waals surface area contributed by atoms with Crippen molar-refractivity contribution in [2.75, 3.05) is 5.32 Å². The zero-order chi connectivity index (χ0) is 16.0. The second-order valence-corrected chi connectivity index (χ2v) is 6.93. The topological polar surface area (TPSA) is 53.2 Å². The fourth-order valence-electron chi connectivity index (χ4n) is 1.34. The van der Waals surface area contributed by atoms with Gasteiger partial charge in [0.25, 0.3) is 0 Å². The lowest BCUT2D eigenvalue weighted by atomic mass is 10.2. The lowest BCUT2D eigenvalue weighted by molar-refractivity contribution is -0.117. The van der Waals surface area contributed by atoms with Gasteiger partial charge in [-0.25, -0.2) is 0 Å². The molecular weight excluding hydrogens is 353 g/mol. The standard InChI is InChI=1S/C13H14Cl3N3OS/c1-3-10(20)18-11(13(14,15)16)19-12(21)17-9-6-4-8(2)5-7-9/h3-7,11H,1H2,2H3,(H,18,20)(H2,17,19,21)/t11-/m0/s1. The SMILES string of the molecule is C=CC(=O)N[C@@H](NC(=S)Nc1ccc(C)cc1)C(Cl)(Cl)Cl. The van der Waals surface area contributed by atoms with Gasteiger partial charge in [0.15, 0.2) is 5.11 Å². The number of amides is 1. The maximum absolute atomic E-state index is 11.3. The Morgan fingerprint density at radius 2 is 1.86 bits per heavy atom. The third-order valence-corrected chi connectivity index (χ3v) is 3.26. The highest BCUT2D eigenvalue weighted by Gasteiger charge is 2.34. The van der Waals surface area contributed by atoms with Crippen molar-refractivity contribution in [2.45, 2.75) is 16.9 Å². The van der Waals surface area contributed by atoms with Gasteiger partial charge in [0.05, 0.1) is 0 Å². The third-order valence-electron chi connectivity index (χ3n) is 2.38. The van der Waals surface area contributed by atoms with Crippen molar-refractivity contribution in [3.05, 3.63) is 42.5 Å². The fourth-order valence-corrected chi connectivity index (χ4v) is 1.90. The number of hydrogen-bond acceptors (Lipinski definition) is 2. The second kappa shape index (κ2) is 7.84. The highest BCUT2D eigenvalue weighted by molar-refractivity contribution is 7.80. The summed E-state index contributed by atoms with van der Waals surface area (Å²) in [5.41, 5.74) is 1.90. The zero-order valence-electron chi connectivity index (χ0n) is 11.1. The van der Waals surface area contributed by atoms with E-state index < -0.39 is 15.9 Å². The Morgan fingerprint density at radius 1 is 1.29 bits per heavy atom. The van der Waals surface area contributed by atoms with Gasteiger partial charge in [0.1, 0.15) is 6.17 Å². The van der Waals surface area contributed by atoms with Crippen molar-refractivity contribution in [3.8, 4) is 0 Å². The number of anilines is 1. The molecule has 1 aromatic carbocycles. The van der Waals surface area contributed by atoms with E-state index in [0.717, 1.165) is 17.3 Å². The van der Waals surface area contributed by atoms with Gasteiger partial charge in [0, 0.05) is 5.69 Å². The summed E-state index contributed by atoms with van der Waals surface area (Å²) in [4.78, 5) is 11.3. The van der Waals surface area contributed by atoms with Gasteiger partial charge in [0.2, 0.25) is 9.70 Å². The number of benzene rings is 1. The molecule has 0 saturated heterocycles. The van der Waals surface area contributed by atoms with Gasteiger partial charge in [-0.15, -0.1) is 0 Å². The third kappa shape index (κ3) is 6.52. The molecule has 3 N–H and O–H groups in total. The number of carbonyl (C=O) groups excluding carboxylic acids is 1. The minimum atomic E-state index is -1.78. The number of halogens is 3. The molecule has 1 rings (SSSR count). The van der Waals surface area contributed by atoms with Crippen LogP contribution in [0.3, 0.4) is 0 Å². The predicted octanol–water partition coefficient (Wildman–Crippen LogP) is 3.28. The van der Waals surface area contributed by atoms with E-state index in [-0.39, 0.29) is 5.11 Å². The molecule has 1 amide bonds. The van der Waals surface area contributed by atoms with Gasteiger partial charge in [-0.3, -0.25) is 4.79 Å². The molecule has 0 aliphatic carbocycles. The number of nitrogens with one attached hydrogen (secondary N) is 3. The normalized spacial score (nSPS) is 12.2. The Bertz CT molecular complexity index is 528. The molecule has 1 atom stereocenters. The Morgan fingerprint density at radius 3 is 2.33 bits per heavy atom. The van der Waals surface area contributed by atoms with Gasteiger partial charge in [-0.05, 0) is 37.4 Å². The molecule has 0 radical (unpaired) electrons. The largest absolute Gasteiger partial charge is 0.339 e. The van der Waals surface area contributed by atoms with Crippen molar-refractivity contribution in [1.29, 1.82) is 0 Å². The van der Waals surface area contributed by atoms with Crippen molar-refractivity contribution < 1.29 is 4.79 Å². The number of alkyl halides is 3. The van der Waals surface area contributed by atoms with Crippen LogP contribution in [0.15, 0.2) is 36.9 Å². The average Bonchev–Trinajstić information content (AvgIpc) is 2.39. The van der Waals surface area contributed by atoms with Crippen LogP contribution >= 0.6 is 47.0 Å². The number of thiocarbonyl (C=S) groups is 1. The van der Waals surface area contributed by atoms with Crippen LogP contribution in [-0.4, -0.2) is 21.0 Å². The molecule has 0 aliphatic rings. The summed E-state index contributed by atoms with van der Waals surface area (Å²) in [5.74, 6) is -0.489. The second-order valence-electron chi connectivity index (χ2n) is 4.15. The highest BCUT2D eigenvalue weighted by atomic mass is 35.6. The molecule has 0 heterocycles. The van der Waals surface area contributed by atoms with E-state index in [0.29, 0.717) is 0 Å². The molecule has 21 heavy (non-hydrogen) atoms. The smallest absolute Gasteiger partial charge is 0.245 e. The summed E-state index contributed by atoms with van der Waals surface area (Å²) in [5, 5.41) is 8.31. The zero-order valence-corrected chi connectivity index (χ0v) is 14.2. The Balaban J connectivity index is 2.69. The molecular formula is C13H14Cl3N3OS. The van der Waals surface area contributed by atoms with E-state index in [1.807, 2.05) is 31.2 Å². The molecule has 114 valence electrons. The summed E-state index contributed by atoms with van der Waals surface area (Å²) in [6, 6.07) is 7.57. The van der Waals surface area contributed by atoms with Gasteiger partial charge in [-0.1, -0.05) is 59.1 Å². The minimum absolute atomic E-state index is 0.208. The minimum Gasteiger partial charge on any atom is -0.339 e. The number of hydrogen-bond donors (Lipinski definition) is 3. The van der Waals surface area contributed by atoms with E-state index in [2.05, 4.69) is 22.5 Å². The quantitative estimate of drug-likeness (QED) is 0.331. The molecule has 0 aromatic heterocycles. The van der Waals surface area contributed by atoms with E-state index in [9.17, 15) is 4.79 Å². The van der Waals surface area contributed by atoms with E-state index in [4.69, 9.17) is 47.0 Å². The maximum Gasteiger partial charge on any atom is 0.245 e. The van der Waals surface area contributed by atoms with Crippen molar-refractivity contribution in [1.82, 2.24) is 10.6 Å². The molecule has 0 bridgehead atoms. The highest BCUT2D eigenvalue weighted by Crippen LogP contribution is 2.29. The van der Waals surface area contributed by atoms with Gasteiger partial charge < -0.3 is 16.0 Å². The summed E-state index contributed by atoms with van der Waals surface area (Å²) in [6.45, 7) is 5.31. The van der Waals surface area contributed by atoms with Gasteiger partial charge in [-0.2, -0.15) is 0 Å². The predicted molar refractivity (Wildman–Crippen MR) is 93.0 cm³/mol. The van der Waals surface area contributed by atoms with E-state index >= 15 is 0 Å².